The lowest BCUT2D eigenvalue weighted by atomic mass is 10.1. The summed E-state index contributed by atoms with van der Waals surface area (Å²) in [6.07, 6.45) is 0. The van der Waals surface area contributed by atoms with E-state index in [1.54, 1.807) is 18.2 Å². The Morgan fingerprint density at radius 3 is 2.19 bits per heavy atom. The lowest BCUT2D eigenvalue weighted by Gasteiger charge is -2.12. The predicted molar refractivity (Wildman–Crippen MR) is 89.5 cm³/mol. The average Bonchev–Trinajstić information content (AvgIpc) is 2.40. The van der Waals surface area contributed by atoms with Gasteiger partial charge in [-0.25, -0.2) is 0 Å². The van der Waals surface area contributed by atoms with Crippen molar-refractivity contribution >= 4 is 40.5 Å². The molecule has 0 unspecified atom stereocenters. The summed E-state index contributed by atoms with van der Waals surface area (Å²) < 4.78 is 0. The van der Waals surface area contributed by atoms with Crippen LogP contribution in [0.25, 0.3) is 0 Å². The minimum absolute atomic E-state index is 0.122. The van der Waals surface area contributed by atoms with Crippen LogP contribution in [-0.2, 0) is 4.79 Å². The van der Waals surface area contributed by atoms with Gasteiger partial charge in [-0.3, -0.25) is 4.79 Å². The molecule has 0 saturated carbocycles. The molecule has 1 amide bonds. The van der Waals surface area contributed by atoms with Gasteiger partial charge in [0.25, 0.3) is 0 Å². The van der Waals surface area contributed by atoms with Crippen LogP contribution >= 0.6 is 23.2 Å². The smallest absolute Gasteiger partial charge is 0.243 e. The number of carbonyl (C=O) groups is 1. The number of hydrogen-bond donors (Lipinski definition) is 2. The van der Waals surface area contributed by atoms with Crippen LogP contribution in [0.2, 0.25) is 10.0 Å². The van der Waals surface area contributed by atoms with E-state index in [2.05, 4.69) is 10.6 Å². The van der Waals surface area contributed by atoms with Gasteiger partial charge in [-0.05, 0) is 43.2 Å². The number of benzene rings is 2. The molecule has 0 aliphatic carbocycles. The summed E-state index contributed by atoms with van der Waals surface area (Å²) in [7, 11) is 0. The van der Waals surface area contributed by atoms with Crippen molar-refractivity contribution in [2.24, 2.45) is 0 Å². The molecule has 21 heavy (non-hydrogen) atoms. The van der Waals surface area contributed by atoms with Gasteiger partial charge < -0.3 is 10.6 Å². The first-order valence-electron chi connectivity index (χ1n) is 6.52. The number of nitrogens with one attached hydrogen (secondary N) is 2. The van der Waals surface area contributed by atoms with Crippen LogP contribution in [-0.4, -0.2) is 12.5 Å². The Hall–Kier alpha value is -1.71. The third-order valence-corrected chi connectivity index (χ3v) is 3.50. The summed E-state index contributed by atoms with van der Waals surface area (Å²) in [5, 5.41) is 6.97. The van der Waals surface area contributed by atoms with Crippen LogP contribution < -0.4 is 10.6 Å². The molecular formula is C16H16Cl2N2O. The van der Waals surface area contributed by atoms with E-state index in [1.165, 1.54) is 0 Å². The number of amides is 1. The van der Waals surface area contributed by atoms with Crippen molar-refractivity contribution in [2.45, 2.75) is 13.8 Å². The van der Waals surface area contributed by atoms with Gasteiger partial charge in [0.2, 0.25) is 5.91 Å². The van der Waals surface area contributed by atoms with Crippen molar-refractivity contribution in [3.05, 3.63) is 57.6 Å². The van der Waals surface area contributed by atoms with Crippen LogP contribution in [0.3, 0.4) is 0 Å². The number of rotatable bonds is 4. The first-order valence-corrected chi connectivity index (χ1v) is 7.27. The summed E-state index contributed by atoms with van der Waals surface area (Å²) >= 11 is 11.8. The lowest BCUT2D eigenvalue weighted by molar-refractivity contribution is -0.114. The zero-order valence-electron chi connectivity index (χ0n) is 11.8. The van der Waals surface area contributed by atoms with Crippen LogP contribution in [0, 0.1) is 13.8 Å². The van der Waals surface area contributed by atoms with E-state index in [-0.39, 0.29) is 12.5 Å². The standard InChI is InChI=1S/C16H16Cl2N2O/c1-10-4-3-5-11(2)16(10)20-15(21)9-19-14-7-12(17)6-13(18)8-14/h3-8,19H,9H2,1-2H3,(H,20,21). The summed E-state index contributed by atoms with van der Waals surface area (Å²) in [4.78, 5) is 12.0. The Bertz CT molecular complexity index is 631. The van der Waals surface area contributed by atoms with Gasteiger partial charge in [0.1, 0.15) is 0 Å². The maximum absolute atomic E-state index is 12.0. The molecule has 3 nitrogen and oxygen atoms in total. The molecule has 0 bridgehead atoms. The minimum atomic E-state index is -0.122. The molecular weight excluding hydrogens is 307 g/mol. The van der Waals surface area contributed by atoms with Gasteiger partial charge in [-0.2, -0.15) is 0 Å². The summed E-state index contributed by atoms with van der Waals surface area (Å²) in [5.41, 5.74) is 3.64. The molecule has 0 atom stereocenters. The molecule has 0 heterocycles. The fourth-order valence-electron chi connectivity index (χ4n) is 2.03. The molecule has 2 N–H and O–H groups in total. The highest BCUT2D eigenvalue weighted by Crippen LogP contribution is 2.22. The molecule has 0 aromatic heterocycles. The Labute approximate surface area is 134 Å². The number of carbonyl (C=O) groups excluding carboxylic acids is 1. The normalized spacial score (nSPS) is 10.3. The van der Waals surface area contributed by atoms with Gasteiger partial charge >= 0.3 is 0 Å². The number of hydrogen-bond acceptors (Lipinski definition) is 2. The van der Waals surface area contributed by atoms with Crippen molar-refractivity contribution in [1.29, 1.82) is 0 Å². The SMILES string of the molecule is Cc1cccc(C)c1NC(=O)CNc1cc(Cl)cc(Cl)c1. The molecule has 110 valence electrons. The Morgan fingerprint density at radius 1 is 1.05 bits per heavy atom. The zero-order chi connectivity index (χ0) is 15.4. The predicted octanol–water partition coefficient (Wildman–Crippen LogP) is 4.66. The van der Waals surface area contributed by atoms with Crippen LogP contribution in [0.4, 0.5) is 11.4 Å². The summed E-state index contributed by atoms with van der Waals surface area (Å²) in [5.74, 6) is -0.122. The highest BCUT2D eigenvalue weighted by Gasteiger charge is 2.07. The lowest BCUT2D eigenvalue weighted by Crippen LogP contribution is -2.22. The van der Waals surface area contributed by atoms with E-state index in [1.807, 2.05) is 32.0 Å². The maximum atomic E-state index is 12.0. The average molecular weight is 323 g/mol. The van der Waals surface area contributed by atoms with Crippen LogP contribution in [0.15, 0.2) is 36.4 Å². The van der Waals surface area contributed by atoms with Gasteiger partial charge in [-0.1, -0.05) is 41.4 Å². The molecule has 2 aromatic rings. The van der Waals surface area contributed by atoms with Crippen molar-refractivity contribution in [2.75, 3.05) is 17.2 Å². The Morgan fingerprint density at radius 2 is 1.62 bits per heavy atom. The van der Waals surface area contributed by atoms with Crippen molar-refractivity contribution in [3.8, 4) is 0 Å². The second-order valence-electron chi connectivity index (χ2n) is 4.83. The first-order chi connectivity index (χ1) is 9.95. The van der Waals surface area contributed by atoms with Crippen molar-refractivity contribution in [3.63, 3.8) is 0 Å². The Balaban J connectivity index is 1.99. The molecule has 0 aliphatic heterocycles. The molecule has 0 radical (unpaired) electrons. The summed E-state index contributed by atoms with van der Waals surface area (Å²) in [6.45, 7) is 4.07. The Kier molecular flexibility index (Phi) is 5.10. The molecule has 2 rings (SSSR count). The molecule has 0 saturated heterocycles. The minimum Gasteiger partial charge on any atom is -0.376 e. The van der Waals surface area contributed by atoms with E-state index >= 15 is 0 Å². The van der Waals surface area contributed by atoms with E-state index < -0.39 is 0 Å². The van der Waals surface area contributed by atoms with E-state index in [9.17, 15) is 4.79 Å². The fraction of sp³-hybridized carbons (Fsp3) is 0.188. The van der Waals surface area contributed by atoms with Crippen molar-refractivity contribution < 1.29 is 4.79 Å². The molecule has 2 aromatic carbocycles. The maximum Gasteiger partial charge on any atom is 0.243 e. The third-order valence-electron chi connectivity index (χ3n) is 3.06. The van der Waals surface area contributed by atoms with Gasteiger partial charge in [0, 0.05) is 21.4 Å². The highest BCUT2D eigenvalue weighted by molar-refractivity contribution is 6.35. The number of anilines is 2. The first kappa shape index (κ1) is 15.7. The van der Waals surface area contributed by atoms with E-state index in [4.69, 9.17) is 23.2 Å². The van der Waals surface area contributed by atoms with Gasteiger partial charge in [0.15, 0.2) is 0 Å². The second-order valence-corrected chi connectivity index (χ2v) is 5.70. The fourth-order valence-corrected chi connectivity index (χ4v) is 2.56. The topological polar surface area (TPSA) is 41.1 Å². The van der Waals surface area contributed by atoms with E-state index in [0.717, 1.165) is 16.8 Å². The highest BCUT2D eigenvalue weighted by atomic mass is 35.5. The van der Waals surface area contributed by atoms with Crippen molar-refractivity contribution in [1.82, 2.24) is 0 Å². The molecule has 5 heteroatoms. The largest absolute Gasteiger partial charge is 0.376 e. The quantitative estimate of drug-likeness (QED) is 0.859. The number of halogens is 2. The van der Waals surface area contributed by atoms with Gasteiger partial charge in [-0.15, -0.1) is 0 Å². The second kappa shape index (κ2) is 6.83. The molecule has 0 aliphatic rings. The molecule has 0 fully saturated rings. The van der Waals surface area contributed by atoms with E-state index in [0.29, 0.717) is 15.7 Å². The summed E-state index contributed by atoms with van der Waals surface area (Å²) in [6, 6.07) is 11.0. The molecule has 0 spiro atoms. The number of para-hydroxylation sites is 1. The zero-order valence-corrected chi connectivity index (χ0v) is 13.3. The number of aryl methyl sites for hydroxylation is 2. The van der Waals surface area contributed by atoms with Gasteiger partial charge in [0.05, 0.1) is 6.54 Å². The monoisotopic (exact) mass is 322 g/mol. The van der Waals surface area contributed by atoms with Crippen LogP contribution in [0.5, 0.6) is 0 Å². The van der Waals surface area contributed by atoms with Crippen LogP contribution in [0.1, 0.15) is 11.1 Å². The third kappa shape index (κ3) is 4.38.